The third-order valence-electron chi connectivity index (χ3n) is 2.75. The molecule has 1 fully saturated rings. The zero-order valence-electron chi connectivity index (χ0n) is 10.5. The van der Waals surface area contributed by atoms with Crippen molar-refractivity contribution in [2.75, 3.05) is 19.7 Å². The molecule has 0 radical (unpaired) electrons. The number of likely N-dealkylation sites (tertiary alicyclic amines) is 1. The molecule has 0 saturated carbocycles. The van der Waals surface area contributed by atoms with Crippen molar-refractivity contribution >= 4 is 6.09 Å². The van der Waals surface area contributed by atoms with E-state index in [9.17, 15) is 15.0 Å². The number of ether oxygens (including phenoxy) is 1. The van der Waals surface area contributed by atoms with E-state index in [2.05, 4.69) is 0 Å². The number of nitrogens with zero attached hydrogens (tertiary/aromatic N) is 1. The van der Waals surface area contributed by atoms with Gasteiger partial charge in [-0.2, -0.15) is 0 Å². The van der Waals surface area contributed by atoms with E-state index in [0.717, 1.165) is 0 Å². The molecular weight excluding hydrogens is 226 g/mol. The van der Waals surface area contributed by atoms with Gasteiger partial charge in [-0.05, 0) is 27.2 Å². The number of aliphatic hydroxyl groups is 3. The highest BCUT2D eigenvalue weighted by Gasteiger charge is 2.42. The fraction of sp³-hybridized carbons (Fsp3) is 0.909. The zero-order valence-corrected chi connectivity index (χ0v) is 10.5. The van der Waals surface area contributed by atoms with Gasteiger partial charge in [0.1, 0.15) is 17.3 Å². The summed E-state index contributed by atoms with van der Waals surface area (Å²) in [6.07, 6.45) is -1.55. The Balaban J connectivity index is 2.58. The van der Waals surface area contributed by atoms with Crippen LogP contribution in [-0.2, 0) is 4.74 Å². The van der Waals surface area contributed by atoms with Crippen LogP contribution in [0.5, 0.6) is 0 Å². The molecule has 1 heterocycles. The minimum atomic E-state index is -1.52. The molecule has 1 aliphatic heterocycles. The van der Waals surface area contributed by atoms with Gasteiger partial charge in [-0.15, -0.1) is 0 Å². The molecule has 1 aliphatic rings. The average molecular weight is 247 g/mol. The average Bonchev–Trinajstić information content (AvgIpc) is 2.19. The van der Waals surface area contributed by atoms with Gasteiger partial charge in [0.25, 0.3) is 0 Å². The molecule has 0 aliphatic carbocycles. The number of rotatable bonds is 1. The van der Waals surface area contributed by atoms with Crippen LogP contribution < -0.4 is 0 Å². The second-order valence-corrected chi connectivity index (χ2v) is 5.45. The lowest BCUT2D eigenvalue weighted by molar-refractivity contribution is -0.139. The third kappa shape index (κ3) is 3.55. The number of amides is 1. The molecule has 1 amide bonds. The van der Waals surface area contributed by atoms with Crippen molar-refractivity contribution in [3.63, 3.8) is 0 Å². The Kier molecular flexibility index (Phi) is 4.01. The maximum Gasteiger partial charge on any atom is 0.410 e. The number of carbonyl (C=O) groups is 1. The van der Waals surface area contributed by atoms with E-state index in [1.807, 2.05) is 0 Å². The third-order valence-corrected chi connectivity index (χ3v) is 2.75. The molecule has 6 nitrogen and oxygen atoms in total. The van der Waals surface area contributed by atoms with Gasteiger partial charge in [0.15, 0.2) is 0 Å². The molecule has 0 spiro atoms. The summed E-state index contributed by atoms with van der Waals surface area (Å²) in [5, 5.41) is 28.5. The van der Waals surface area contributed by atoms with Gasteiger partial charge in [0, 0.05) is 6.54 Å². The highest BCUT2D eigenvalue weighted by Crippen LogP contribution is 2.23. The molecule has 17 heavy (non-hydrogen) atoms. The van der Waals surface area contributed by atoms with Crippen molar-refractivity contribution < 1.29 is 24.9 Å². The molecular formula is C11H21NO5. The molecule has 0 unspecified atom stereocenters. The Labute approximate surface area is 101 Å². The van der Waals surface area contributed by atoms with Crippen LogP contribution in [0.1, 0.15) is 27.2 Å². The van der Waals surface area contributed by atoms with Crippen LogP contribution in [0.15, 0.2) is 0 Å². The fourth-order valence-electron chi connectivity index (χ4n) is 1.64. The topological polar surface area (TPSA) is 90.2 Å². The van der Waals surface area contributed by atoms with Crippen LogP contribution in [0.3, 0.4) is 0 Å². The Morgan fingerprint density at radius 2 is 2.12 bits per heavy atom. The molecule has 100 valence electrons. The number of β-amino-alcohol motifs (C(OH)–C–C–N with tert-alkyl or cyclic N) is 1. The second kappa shape index (κ2) is 4.80. The highest BCUT2D eigenvalue weighted by atomic mass is 16.6. The maximum absolute atomic E-state index is 11.7. The molecule has 0 aromatic rings. The summed E-state index contributed by atoms with van der Waals surface area (Å²) in [5.74, 6) is 0. The Morgan fingerprint density at radius 1 is 1.53 bits per heavy atom. The number of hydrogen-bond donors (Lipinski definition) is 3. The van der Waals surface area contributed by atoms with Gasteiger partial charge in [0.05, 0.1) is 13.2 Å². The van der Waals surface area contributed by atoms with Crippen LogP contribution in [0, 0.1) is 0 Å². The van der Waals surface area contributed by atoms with E-state index >= 15 is 0 Å². The summed E-state index contributed by atoms with van der Waals surface area (Å²) < 4.78 is 5.16. The lowest BCUT2D eigenvalue weighted by Gasteiger charge is -2.41. The number of piperidine rings is 1. The van der Waals surface area contributed by atoms with Crippen molar-refractivity contribution in [1.29, 1.82) is 0 Å². The Bertz CT molecular complexity index is 288. The summed E-state index contributed by atoms with van der Waals surface area (Å²) in [6.45, 7) is 4.98. The fourth-order valence-corrected chi connectivity index (χ4v) is 1.64. The van der Waals surface area contributed by atoms with Crippen LogP contribution in [-0.4, -0.2) is 63.3 Å². The molecule has 0 aromatic heterocycles. The van der Waals surface area contributed by atoms with Gasteiger partial charge < -0.3 is 25.0 Å². The zero-order chi connectivity index (χ0) is 13.3. The van der Waals surface area contributed by atoms with Crippen molar-refractivity contribution in [3.8, 4) is 0 Å². The van der Waals surface area contributed by atoms with Gasteiger partial charge >= 0.3 is 6.09 Å². The van der Waals surface area contributed by atoms with Gasteiger partial charge in [-0.25, -0.2) is 4.79 Å². The number of carbonyl (C=O) groups excluding carboxylic acids is 1. The van der Waals surface area contributed by atoms with E-state index in [0.29, 0.717) is 0 Å². The smallest absolute Gasteiger partial charge is 0.410 e. The largest absolute Gasteiger partial charge is 0.444 e. The van der Waals surface area contributed by atoms with E-state index in [1.54, 1.807) is 20.8 Å². The SMILES string of the molecule is CC(C)(C)OC(=O)N1CC[C@@](O)(CO)[C@@H](O)C1. The van der Waals surface area contributed by atoms with Crippen molar-refractivity contribution in [1.82, 2.24) is 4.90 Å². The van der Waals surface area contributed by atoms with E-state index in [4.69, 9.17) is 9.84 Å². The van der Waals surface area contributed by atoms with Crippen molar-refractivity contribution in [2.24, 2.45) is 0 Å². The van der Waals surface area contributed by atoms with Gasteiger partial charge in [-0.1, -0.05) is 0 Å². The van der Waals surface area contributed by atoms with Crippen LogP contribution in [0.25, 0.3) is 0 Å². The maximum atomic E-state index is 11.7. The monoisotopic (exact) mass is 247 g/mol. The first-order valence-electron chi connectivity index (χ1n) is 5.67. The highest BCUT2D eigenvalue weighted by molar-refractivity contribution is 5.68. The first kappa shape index (κ1) is 14.2. The lowest BCUT2D eigenvalue weighted by atomic mass is 9.90. The summed E-state index contributed by atoms with van der Waals surface area (Å²) in [4.78, 5) is 13.0. The van der Waals surface area contributed by atoms with E-state index in [1.165, 1.54) is 4.90 Å². The Morgan fingerprint density at radius 3 is 2.53 bits per heavy atom. The number of aliphatic hydroxyl groups excluding tert-OH is 2. The standard InChI is InChI=1S/C11H21NO5/c1-10(2,3)17-9(15)12-5-4-11(16,7-13)8(14)6-12/h8,13-14,16H,4-7H2,1-3H3/t8-,11+/m0/s1. The van der Waals surface area contributed by atoms with Gasteiger partial charge in [-0.3, -0.25) is 0 Å². The van der Waals surface area contributed by atoms with Crippen LogP contribution in [0.2, 0.25) is 0 Å². The lowest BCUT2D eigenvalue weighted by Crippen LogP contribution is -2.59. The number of hydrogen-bond acceptors (Lipinski definition) is 5. The molecule has 0 bridgehead atoms. The molecule has 1 saturated heterocycles. The molecule has 6 heteroatoms. The summed E-state index contributed by atoms with van der Waals surface area (Å²) >= 11 is 0. The summed E-state index contributed by atoms with van der Waals surface area (Å²) in [7, 11) is 0. The molecule has 0 aromatic carbocycles. The molecule has 1 rings (SSSR count). The first-order valence-corrected chi connectivity index (χ1v) is 5.67. The molecule has 3 N–H and O–H groups in total. The molecule has 2 atom stereocenters. The van der Waals surface area contributed by atoms with Crippen LogP contribution in [0.4, 0.5) is 4.79 Å². The normalized spacial score (nSPS) is 30.2. The summed E-state index contributed by atoms with van der Waals surface area (Å²) in [5.41, 5.74) is -2.11. The van der Waals surface area contributed by atoms with E-state index < -0.39 is 30.0 Å². The predicted molar refractivity (Wildman–Crippen MR) is 60.5 cm³/mol. The quantitative estimate of drug-likeness (QED) is 0.592. The predicted octanol–water partition coefficient (Wildman–Crippen LogP) is -0.289. The van der Waals surface area contributed by atoms with E-state index in [-0.39, 0.29) is 19.5 Å². The van der Waals surface area contributed by atoms with Gasteiger partial charge in [0.2, 0.25) is 0 Å². The minimum absolute atomic E-state index is 0.0357. The Hall–Kier alpha value is -0.850. The first-order chi connectivity index (χ1) is 7.68. The summed E-state index contributed by atoms with van der Waals surface area (Å²) in [6, 6.07) is 0. The van der Waals surface area contributed by atoms with Crippen molar-refractivity contribution in [2.45, 2.75) is 44.5 Å². The minimum Gasteiger partial charge on any atom is -0.444 e. The second-order valence-electron chi connectivity index (χ2n) is 5.45. The van der Waals surface area contributed by atoms with Crippen LogP contribution >= 0.6 is 0 Å². The van der Waals surface area contributed by atoms with Crippen molar-refractivity contribution in [3.05, 3.63) is 0 Å².